The quantitative estimate of drug-likeness (QED) is 0.833. The zero-order valence-electron chi connectivity index (χ0n) is 13.7. The van der Waals surface area contributed by atoms with Crippen molar-refractivity contribution in [2.45, 2.75) is 44.2 Å². The van der Waals surface area contributed by atoms with E-state index >= 15 is 0 Å². The molecule has 9 heteroatoms. The second-order valence-electron chi connectivity index (χ2n) is 5.62. The van der Waals surface area contributed by atoms with E-state index in [1.807, 2.05) is 13.8 Å². The van der Waals surface area contributed by atoms with E-state index in [0.717, 1.165) is 12.8 Å². The summed E-state index contributed by atoms with van der Waals surface area (Å²) in [5.41, 5.74) is 0. The van der Waals surface area contributed by atoms with E-state index in [0.29, 0.717) is 26.1 Å². The van der Waals surface area contributed by atoms with Gasteiger partial charge < -0.3 is 15.2 Å². The highest BCUT2D eigenvalue weighted by atomic mass is 32.2. The summed E-state index contributed by atoms with van der Waals surface area (Å²) in [6.45, 7) is 5.71. The van der Waals surface area contributed by atoms with Crippen molar-refractivity contribution in [3.05, 3.63) is 12.5 Å². The van der Waals surface area contributed by atoms with E-state index < -0.39 is 10.0 Å². The van der Waals surface area contributed by atoms with Gasteiger partial charge in [0.15, 0.2) is 5.03 Å². The Morgan fingerprint density at radius 3 is 2.65 bits per heavy atom. The van der Waals surface area contributed by atoms with Crippen molar-refractivity contribution in [2.75, 3.05) is 26.2 Å². The molecule has 0 aliphatic carbocycles. The average Bonchev–Trinajstić information content (AvgIpc) is 2.97. The Morgan fingerprint density at radius 1 is 1.30 bits per heavy atom. The van der Waals surface area contributed by atoms with Crippen LogP contribution in [-0.4, -0.2) is 65.8 Å². The van der Waals surface area contributed by atoms with Crippen molar-refractivity contribution >= 4 is 16.1 Å². The molecule has 1 aromatic rings. The zero-order valence-corrected chi connectivity index (χ0v) is 14.5. The first-order valence-electron chi connectivity index (χ1n) is 8.03. The van der Waals surface area contributed by atoms with Crippen molar-refractivity contribution in [2.24, 2.45) is 0 Å². The van der Waals surface area contributed by atoms with Crippen LogP contribution in [-0.2, 0) is 10.0 Å². The monoisotopic (exact) mass is 343 g/mol. The number of carbonyl (C=O) groups is 1. The minimum absolute atomic E-state index is 0.0902. The Labute approximate surface area is 137 Å². The highest BCUT2D eigenvalue weighted by molar-refractivity contribution is 7.89. The zero-order chi connectivity index (χ0) is 16.9. The Morgan fingerprint density at radius 2 is 2.04 bits per heavy atom. The van der Waals surface area contributed by atoms with Gasteiger partial charge >= 0.3 is 6.03 Å². The molecular weight excluding hydrogens is 318 g/mol. The first-order chi connectivity index (χ1) is 11.0. The number of rotatable bonds is 5. The Bertz CT molecular complexity index is 598. The van der Waals surface area contributed by atoms with Gasteiger partial charge in [-0.1, -0.05) is 13.8 Å². The van der Waals surface area contributed by atoms with Gasteiger partial charge in [-0.15, -0.1) is 0 Å². The lowest BCUT2D eigenvalue weighted by Gasteiger charge is -2.24. The molecule has 1 aromatic heterocycles. The third kappa shape index (κ3) is 4.23. The first-order valence-corrected chi connectivity index (χ1v) is 9.47. The fraction of sp³-hybridized carbons (Fsp3) is 0.714. The number of carbonyl (C=O) groups excluding carboxylic acids is 1. The van der Waals surface area contributed by atoms with Crippen LogP contribution in [0.5, 0.6) is 0 Å². The molecule has 2 heterocycles. The van der Waals surface area contributed by atoms with Crippen LogP contribution in [0, 0.1) is 0 Å². The molecule has 0 saturated carbocycles. The molecule has 0 atom stereocenters. The summed E-state index contributed by atoms with van der Waals surface area (Å²) in [6.07, 6.45) is 5.04. The number of nitrogens with zero attached hydrogens (tertiary/aromatic N) is 3. The first kappa shape index (κ1) is 17.7. The molecule has 1 aliphatic rings. The standard InChI is InChI=1S/C14H25N5O3S/c1-3-12(4-2)17-14(20)18-6-5-7-19(9-8-18)23(21,22)13-10-15-11-16-13/h10-12H,3-9H2,1-2H3,(H,15,16)(H,17,20). The number of urea groups is 1. The number of nitrogens with one attached hydrogen (secondary N) is 2. The highest BCUT2D eigenvalue weighted by Gasteiger charge is 2.29. The highest BCUT2D eigenvalue weighted by Crippen LogP contribution is 2.15. The number of hydrogen-bond donors (Lipinski definition) is 2. The van der Waals surface area contributed by atoms with E-state index in [1.54, 1.807) is 4.90 Å². The molecule has 0 spiro atoms. The fourth-order valence-electron chi connectivity index (χ4n) is 2.62. The fourth-order valence-corrected chi connectivity index (χ4v) is 3.98. The minimum Gasteiger partial charge on any atom is -0.335 e. The van der Waals surface area contributed by atoms with Crippen molar-refractivity contribution in [3.63, 3.8) is 0 Å². The predicted molar refractivity (Wildman–Crippen MR) is 86.4 cm³/mol. The molecular formula is C14H25N5O3S. The second-order valence-corrected chi connectivity index (χ2v) is 7.53. The van der Waals surface area contributed by atoms with Gasteiger partial charge in [0.05, 0.1) is 12.5 Å². The molecule has 2 rings (SSSR count). The largest absolute Gasteiger partial charge is 0.335 e. The number of sulfonamides is 1. The maximum absolute atomic E-state index is 12.5. The summed E-state index contributed by atoms with van der Waals surface area (Å²) in [5, 5.41) is 3.09. The van der Waals surface area contributed by atoms with Crippen molar-refractivity contribution in [1.29, 1.82) is 0 Å². The summed E-state index contributed by atoms with van der Waals surface area (Å²) in [7, 11) is -3.57. The van der Waals surface area contributed by atoms with Crippen LogP contribution in [0.2, 0.25) is 0 Å². The number of hydrogen-bond acceptors (Lipinski definition) is 4. The van der Waals surface area contributed by atoms with Crippen molar-refractivity contribution in [1.82, 2.24) is 24.5 Å². The average molecular weight is 343 g/mol. The summed E-state index contributed by atoms with van der Waals surface area (Å²) in [5.74, 6) is 0. The van der Waals surface area contributed by atoms with Crippen LogP contribution < -0.4 is 5.32 Å². The molecule has 2 N–H and O–H groups in total. The number of aromatic nitrogens is 2. The molecule has 130 valence electrons. The van der Waals surface area contributed by atoms with E-state index in [1.165, 1.54) is 16.8 Å². The Hall–Kier alpha value is -1.61. The maximum atomic E-state index is 12.5. The van der Waals surface area contributed by atoms with Crippen LogP contribution >= 0.6 is 0 Å². The van der Waals surface area contributed by atoms with E-state index in [9.17, 15) is 13.2 Å². The van der Waals surface area contributed by atoms with Crippen LogP contribution in [0.4, 0.5) is 4.79 Å². The third-order valence-corrected chi connectivity index (χ3v) is 5.97. The van der Waals surface area contributed by atoms with Gasteiger partial charge in [0.25, 0.3) is 10.0 Å². The summed E-state index contributed by atoms with van der Waals surface area (Å²) in [6, 6.07) is 0.0510. The lowest BCUT2D eigenvalue weighted by molar-refractivity contribution is 0.195. The third-order valence-electron chi connectivity index (χ3n) is 4.15. The lowest BCUT2D eigenvalue weighted by atomic mass is 10.2. The van der Waals surface area contributed by atoms with Gasteiger partial charge in [-0.25, -0.2) is 18.2 Å². The van der Waals surface area contributed by atoms with Gasteiger partial charge in [-0.05, 0) is 19.3 Å². The molecule has 1 aliphatic heterocycles. The van der Waals surface area contributed by atoms with Crippen LogP contribution in [0.3, 0.4) is 0 Å². The molecule has 0 radical (unpaired) electrons. The van der Waals surface area contributed by atoms with Crippen molar-refractivity contribution in [3.8, 4) is 0 Å². The Kier molecular flexibility index (Phi) is 6.00. The van der Waals surface area contributed by atoms with Crippen LogP contribution in [0.15, 0.2) is 17.6 Å². The van der Waals surface area contributed by atoms with Gasteiger partial charge in [0.2, 0.25) is 0 Å². The smallest absolute Gasteiger partial charge is 0.317 e. The maximum Gasteiger partial charge on any atom is 0.317 e. The topological polar surface area (TPSA) is 98.4 Å². The van der Waals surface area contributed by atoms with Gasteiger partial charge in [0, 0.05) is 32.2 Å². The van der Waals surface area contributed by atoms with Gasteiger partial charge in [-0.3, -0.25) is 0 Å². The van der Waals surface area contributed by atoms with E-state index in [2.05, 4.69) is 15.3 Å². The molecule has 1 fully saturated rings. The normalized spacial score (nSPS) is 17.3. The number of amides is 2. The SMILES string of the molecule is CCC(CC)NC(=O)N1CCCN(S(=O)(=O)c2cnc[nH]2)CC1. The number of imidazole rings is 1. The van der Waals surface area contributed by atoms with Crippen molar-refractivity contribution < 1.29 is 13.2 Å². The molecule has 2 amide bonds. The molecule has 0 bridgehead atoms. The minimum atomic E-state index is -3.57. The molecule has 1 saturated heterocycles. The molecule has 0 aromatic carbocycles. The van der Waals surface area contributed by atoms with Gasteiger partial charge in [0.1, 0.15) is 0 Å². The number of H-pyrrole nitrogens is 1. The molecule has 23 heavy (non-hydrogen) atoms. The summed E-state index contributed by atoms with van der Waals surface area (Å²) >= 11 is 0. The second kappa shape index (κ2) is 7.78. The number of aromatic amines is 1. The lowest BCUT2D eigenvalue weighted by Crippen LogP contribution is -2.46. The van der Waals surface area contributed by atoms with E-state index in [-0.39, 0.29) is 23.6 Å². The predicted octanol–water partition coefficient (Wildman–Crippen LogP) is 1.00. The van der Waals surface area contributed by atoms with E-state index in [4.69, 9.17) is 0 Å². The molecule has 0 unspecified atom stereocenters. The van der Waals surface area contributed by atoms with Crippen LogP contribution in [0.1, 0.15) is 33.1 Å². The van der Waals surface area contributed by atoms with Crippen LogP contribution in [0.25, 0.3) is 0 Å². The summed E-state index contributed by atoms with van der Waals surface area (Å²) in [4.78, 5) is 20.4. The molecule has 8 nitrogen and oxygen atoms in total. The summed E-state index contributed by atoms with van der Waals surface area (Å²) < 4.78 is 26.4. The Balaban J connectivity index is 1.98. The van der Waals surface area contributed by atoms with Gasteiger partial charge in [-0.2, -0.15) is 4.31 Å².